The zero-order valence-corrected chi connectivity index (χ0v) is 26.1. The molecule has 3 aromatic rings. The Morgan fingerprint density at radius 3 is 2.65 bits per heavy atom. The van der Waals surface area contributed by atoms with Crippen LogP contribution in [0.4, 0.5) is 14.9 Å². The Bertz CT molecular complexity index is 1620. The highest BCUT2D eigenvalue weighted by Gasteiger charge is 2.36. The number of ether oxygens (including phenoxy) is 3. The lowest BCUT2D eigenvalue weighted by atomic mass is 10.1. The maximum absolute atomic E-state index is 13.5. The van der Waals surface area contributed by atoms with Crippen LogP contribution in [0.2, 0.25) is 5.02 Å². The van der Waals surface area contributed by atoms with Crippen LogP contribution in [0.3, 0.4) is 0 Å². The van der Waals surface area contributed by atoms with Crippen molar-refractivity contribution in [3.05, 3.63) is 91.5 Å². The highest BCUT2D eigenvalue weighted by molar-refractivity contribution is 9.10. The van der Waals surface area contributed by atoms with Crippen LogP contribution in [-0.2, 0) is 20.9 Å². The van der Waals surface area contributed by atoms with Crippen LogP contribution in [0.1, 0.15) is 34.8 Å². The highest BCUT2D eigenvalue weighted by atomic mass is 79.9. The Morgan fingerprint density at radius 1 is 1.14 bits per heavy atom. The van der Waals surface area contributed by atoms with Crippen molar-refractivity contribution in [3.63, 3.8) is 0 Å². The number of nitrogens with zero attached hydrogens (tertiary/aromatic N) is 1. The average Bonchev–Trinajstić information content (AvgIpc) is 3.23. The van der Waals surface area contributed by atoms with Gasteiger partial charge < -0.3 is 19.5 Å². The molecule has 9 nitrogen and oxygen atoms in total. The van der Waals surface area contributed by atoms with Crippen molar-refractivity contribution in [1.29, 1.82) is 0 Å². The molecule has 1 aliphatic heterocycles. The molecule has 1 heterocycles. The van der Waals surface area contributed by atoms with Crippen molar-refractivity contribution in [2.45, 2.75) is 20.0 Å². The number of carbonyl (C=O) groups is 4. The summed E-state index contributed by atoms with van der Waals surface area (Å²) in [7, 11) is 1.45. The molecule has 0 bridgehead atoms. The van der Waals surface area contributed by atoms with Crippen molar-refractivity contribution in [2.24, 2.45) is 0 Å². The number of anilines is 1. The molecule has 1 fully saturated rings. The number of thioether (sulfide) groups is 1. The minimum Gasteiger partial charge on any atom is -0.493 e. The van der Waals surface area contributed by atoms with Crippen molar-refractivity contribution in [1.82, 2.24) is 4.90 Å². The van der Waals surface area contributed by atoms with Crippen LogP contribution in [0.25, 0.3) is 6.08 Å². The van der Waals surface area contributed by atoms with E-state index in [1.807, 2.05) is 6.92 Å². The summed E-state index contributed by atoms with van der Waals surface area (Å²) >= 11 is 10.2. The van der Waals surface area contributed by atoms with E-state index in [1.165, 1.54) is 43.5 Å². The molecule has 43 heavy (non-hydrogen) atoms. The highest BCUT2D eigenvalue weighted by Crippen LogP contribution is 2.39. The van der Waals surface area contributed by atoms with E-state index < -0.39 is 29.6 Å². The average molecular weight is 692 g/mol. The van der Waals surface area contributed by atoms with Crippen LogP contribution in [0.15, 0.2) is 64.0 Å². The fraction of sp³-hybridized carbons (Fsp3) is 0.200. The number of halogens is 3. The molecule has 13 heteroatoms. The molecule has 0 saturated carbocycles. The number of imide groups is 1. The minimum absolute atomic E-state index is 0.0778. The van der Waals surface area contributed by atoms with Crippen molar-refractivity contribution in [3.8, 4) is 11.5 Å². The van der Waals surface area contributed by atoms with E-state index in [0.717, 1.165) is 4.90 Å². The monoisotopic (exact) mass is 690 g/mol. The van der Waals surface area contributed by atoms with Crippen LogP contribution >= 0.6 is 39.3 Å². The standard InChI is InChI=1S/C30H25BrClFN2O7S/c1-3-9-41-29(38)21-14-20(7-8-23(21)32)34-26(36)15-35-28(37)25(43-30(35)39)13-18-11-22(31)27(24(12-18)40-2)42-16-17-5-4-6-19(33)10-17/h4-8,10-14H,3,9,15-16H2,1-2H3,(H,34,36)/b25-13+. The van der Waals surface area contributed by atoms with Gasteiger partial charge >= 0.3 is 5.97 Å². The second kappa shape index (κ2) is 14.5. The summed E-state index contributed by atoms with van der Waals surface area (Å²) in [6.07, 6.45) is 2.13. The first-order valence-corrected chi connectivity index (χ1v) is 14.8. The normalized spacial score (nSPS) is 13.8. The van der Waals surface area contributed by atoms with Crippen LogP contribution in [0, 0.1) is 5.82 Å². The minimum atomic E-state index is -0.650. The van der Waals surface area contributed by atoms with Gasteiger partial charge in [0.2, 0.25) is 5.91 Å². The van der Waals surface area contributed by atoms with Crippen molar-refractivity contribution in [2.75, 3.05) is 25.6 Å². The Labute approximate surface area is 264 Å². The lowest BCUT2D eigenvalue weighted by molar-refractivity contribution is -0.127. The molecule has 3 aromatic carbocycles. The number of carbonyl (C=O) groups excluding carboxylic acids is 4. The number of hydrogen-bond donors (Lipinski definition) is 1. The first kappa shape index (κ1) is 32.1. The second-order valence-corrected chi connectivity index (χ2v) is 11.4. The Hall–Kier alpha value is -3.87. The van der Waals surface area contributed by atoms with Crippen molar-refractivity contribution >= 4 is 74.1 Å². The van der Waals surface area contributed by atoms with Gasteiger partial charge in [-0.3, -0.25) is 19.3 Å². The maximum Gasteiger partial charge on any atom is 0.339 e. The molecule has 3 amide bonds. The number of esters is 1. The molecule has 0 spiro atoms. The van der Waals surface area contributed by atoms with Crippen molar-refractivity contribution < 1.29 is 37.8 Å². The van der Waals surface area contributed by atoms with E-state index in [1.54, 1.807) is 24.3 Å². The zero-order chi connectivity index (χ0) is 31.1. The van der Waals surface area contributed by atoms with Gasteiger partial charge in [-0.25, -0.2) is 9.18 Å². The largest absolute Gasteiger partial charge is 0.493 e. The zero-order valence-electron chi connectivity index (χ0n) is 22.9. The molecule has 1 aliphatic rings. The Morgan fingerprint density at radius 2 is 1.93 bits per heavy atom. The number of amides is 3. The summed E-state index contributed by atoms with van der Waals surface area (Å²) in [4.78, 5) is 51.6. The summed E-state index contributed by atoms with van der Waals surface area (Å²) in [5.41, 5.74) is 1.48. The van der Waals surface area contributed by atoms with Gasteiger partial charge in [-0.1, -0.05) is 30.7 Å². The third-order valence-corrected chi connectivity index (χ3v) is 7.73. The summed E-state index contributed by atoms with van der Waals surface area (Å²) in [5.74, 6) is -1.59. The molecular formula is C30H25BrClFN2O7S. The molecular weight excluding hydrogens is 667 g/mol. The van der Waals surface area contributed by atoms with Gasteiger partial charge in [0.05, 0.1) is 33.7 Å². The number of rotatable bonds is 11. The molecule has 0 aromatic heterocycles. The van der Waals surface area contributed by atoms with Gasteiger partial charge in [0, 0.05) is 5.69 Å². The summed E-state index contributed by atoms with van der Waals surface area (Å²) in [6.45, 7) is 1.62. The smallest absolute Gasteiger partial charge is 0.339 e. The lowest BCUT2D eigenvalue weighted by Crippen LogP contribution is -2.36. The first-order chi connectivity index (χ1) is 20.6. The maximum atomic E-state index is 13.5. The van der Waals surface area contributed by atoms with Crippen LogP contribution in [-0.4, -0.2) is 48.2 Å². The molecule has 4 rings (SSSR count). The molecule has 0 radical (unpaired) electrons. The topological polar surface area (TPSA) is 111 Å². The van der Waals surface area contributed by atoms with E-state index in [2.05, 4.69) is 21.2 Å². The molecule has 224 valence electrons. The summed E-state index contributed by atoms with van der Waals surface area (Å²) < 4.78 is 30.4. The van der Waals surface area contributed by atoms with Gasteiger partial charge in [-0.2, -0.15) is 0 Å². The number of methoxy groups -OCH3 is 1. The third-order valence-electron chi connectivity index (χ3n) is 5.90. The van der Waals surface area contributed by atoms with Gasteiger partial charge in [0.25, 0.3) is 11.1 Å². The van der Waals surface area contributed by atoms with E-state index in [9.17, 15) is 23.6 Å². The number of nitrogens with one attached hydrogen (secondary N) is 1. The van der Waals surface area contributed by atoms with Gasteiger partial charge in [0.1, 0.15) is 19.0 Å². The van der Waals surface area contributed by atoms with Gasteiger partial charge in [0.15, 0.2) is 11.5 Å². The van der Waals surface area contributed by atoms with Gasteiger partial charge in [-0.15, -0.1) is 0 Å². The Kier molecular flexibility index (Phi) is 10.8. The molecule has 0 unspecified atom stereocenters. The predicted molar refractivity (Wildman–Crippen MR) is 165 cm³/mol. The molecule has 0 atom stereocenters. The van der Waals surface area contributed by atoms with E-state index in [0.29, 0.717) is 45.3 Å². The SMILES string of the molecule is CCCOC(=O)c1cc(NC(=O)CN2C(=O)S/C(=C/c3cc(Br)c(OCc4cccc(F)c4)c(OC)c3)C2=O)ccc1Cl. The Balaban J connectivity index is 1.44. The number of hydrogen-bond acceptors (Lipinski definition) is 8. The quantitative estimate of drug-likeness (QED) is 0.168. The first-order valence-electron chi connectivity index (χ1n) is 12.9. The molecule has 1 saturated heterocycles. The van der Waals surface area contributed by atoms with Crippen LogP contribution < -0.4 is 14.8 Å². The van der Waals surface area contributed by atoms with E-state index in [4.69, 9.17) is 25.8 Å². The van der Waals surface area contributed by atoms with E-state index in [-0.39, 0.29) is 40.2 Å². The predicted octanol–water partition coefficient (Wildman–Crippen LogP) is 7.07. The van der Waals surface area contributed by atoms with Crippen LogP contribution in [0.5, 0.6) is 11.5 Å². The summed E-state index contributed by atoms with van der Waals surface area (Å²) in [6, 6.07) is 13.6. The van der Waals surface area contributed by atoms with Gasteiger partial charge in [-0.05, 0) is 93.8 Å². The third kappa shape index (κ3) is 8.15. The van der Waals surface area contributed by atoms with E-state index >= 15 is 0 Å². The fourth-order valence-electron chi connectivity index (χ4n) is 3.91. The molecule has 0 aliphatic carbocycles. The lowest BCUT2D eigenvalue weighted by Gasteiger charge is -2.14. The second-order valence-electron chi connectivity index (χ2n) is 9.10. The molecule has 1 N–H and O–H groups in total. The number of benzene rings is 3. The summed E-state index contributed by atoms with van der Waals surface area (Å²) in [5, 5.41) is 2.11. The fourth-order valence-corrected chi connectivity index (χ4v) is 5.52.